The smallest absolute Gasteiger partial charge is 0.253 e. The van der Waals surface area contributed by atoms with Crippen LogP contribution in [0.25, 0.3) is 5.69 Å². The van der Waals surface area contributed by atoms with Crippen LogP contribution >= 0.6 is 11.9 Å². The van der Waals surface area contributed by atoms with Crippen LogP contribution in [0.3, 0.4) is 0 Å². The first-order valence-electron chi connectivity index (χ1n) is 9.10. The lowest BCUT2D eigenvalue weighted by atomic mass is 10.1. The monoisotopic (exact) mass is 378 g/mol. The highest BCUT2D eigenvalue weighted by molar-refractivity contribution is 7.97. The van der Waals surface area contributed by atoms with Crippen LogP contribution in [0.2, 0.25) is 0 Å². The molecule has 1 unspecified atom stereocenters. The molecule has 0 bridgehead atoms. The van der Waals surface area contributed by atoms with Crippen LogP contribution in [-0.2, 0) is 0 Å². The Kier molecular flexibility index (Phi) is 5.27. The Balaban J connectivity index is 1.41. The predicted octanol–water partition coefficient (Wildman–Crippen LogP) is 3.73. The van der Waals surface area contributed by atoms with Crippen molar-refractivity contribution in [2.45, 2.75) is 17.9 Å². The van der Waals surface area contributed by atoms with E-state index in [-0.39, 0.29) is 11.9 Å². The van der Waals surface area contributed by atoms with Gasteiger partial charge in [0.15, 0.2) is 0 Å². The third-order valence-corrected chi connectivity index (χ3v) is 5.93. The van der Waals surface area contributed by atoms with Gasteiger partial charge in [-0.1, -0.05) is 24.3 Å². The molecule has 2 heterocycles. The number of amides is 1. The fourth-order valence-electron chi connectivity index (χ4n) is 3.26. The summed E-state index contributed by atoms with van der Waals surface area (Å²) in [4.78, 5) is 15.8. The third-order valence-electron chi connectivity index (χ3n) is 4.68. The molecule has 1 saturated heterocycles. The van der Waals surface area contributed by atoms with Gasteiger partial charge in [-0.05, 0) is 55.3 Å². The van der Waals surface area contributed by atoms with Crippen LogP contribution in [0.4, 0.5) is 0 Å². The second-order valence-corrected chi connectivity index (χ2v) is 7.77. The zero-order valence-electron chi connectivity index (χ0n) is 15.2. The number of carbonyl (C=O) groups excluding carboxylic acids is 1. The van der Waals surface area contributed by atoms with E-state index >= 15 is 0 Å². The lowest BCUT2D eigenvalue weighted by Gasteiger charge is -2.39. The molecule has 1 atom stereocenters. The molecule has 5 nitrogen and oxygen atoms in total. The van der Waals surface area contributed by atoms with Crippen molar-refractivity contribution in [3.05, 3.63) is 78.6 Å². The molecule has 4 rings (SSSR count). The van der Waals surface area contributed by atoms with Crippen LogP contribution in [0.5, 0.6) is 0 Å². The summed E-state index contributed by atoms with van der Waals surface area (Å²) >= 11 is 1.75. The first kappa shape index (κ1) is 17.8. The van der Waals surface area contributed by atoms with Gasteiger partial charge in [0, 0.05) is 48.5 Å². The van der Waals surface area contributed by atoms with Crippen molar-refractivity contribution >= 4 is 17.9 Å². The number of piperazine rings is 1. The van der Waals surface area contributed by atoms with Crippen molar-refractivity contribution in [2.24, 2.45) is 0 Å². The van der Waals surface area contributed by atoms with E-state index in [9.17, 15) is 4.79 Å². The molecule has 1 aliphatic heterocycles. The molecule has 2 aromatic carbocycles. The standard InChI is InChI=1S/C21H22N4OS/c1-17-16-23(21(26)18-7-3-2-4-8-18)13-14-25(17)27-20-10-5-9-19(15-20)24-12-6-11-22-24/h2-12,15,17H,13-14,16H2,1H3. The zero-order chi connectivity index (χ0) is 18.6. The molecule has 0 radical (unpaired) electrons. The van der Waals surface area contributed by atoms with Gasteiger partial charge in [0.05, 0.1) is 5.69 Å². The van der Waals surface area contributed by atoms with Gasteiger partial charge in [0.1, 0.15) is 0 Å². The fourth-order valence-corrected chi connectivity index (χ4v) is 4.27. The number of hydrogen-bond donors (Lipinski definition) is 0. The highest BCUT2D eigenvalue weighted by Gasteiger charge is 2.28. The molecule has 1 amide bonds. The first-order chi connectivity index (χ1) is 13.2. The molecular weight excluding hydrogens is 356 g/mol. The summed E-state index contributed by atoms with van der Waals surface area (Å²) in [5.74, 6) is 0.118. The van der Waals surface area contributed by atoms with Crippen molar-refractivity contribution in [1.29, 1.82) is 0 Å². The number of rotatable bonds is 4. The Morgan fingerprint density at radius 2 is 1.93 bits per heavy atom. The number of benzene rings is 2. The van der Waals surface area contributed by atoms with E-state index in [1.54, 1.807) is 18.1 Å². The fraction of sp³-hybridized carbons (Fsp3) is 0.238. The van der Waals surface area contributed by atoms with Crippen molar-refractivity contribution in [1.82, 2.24) is 19.0 Å². The van der Waals surface area contributed by atoms with E-state index in [4.69, 9.17) is 0 Å². The van der Waals surface area contributed by atoms with Gasteiger partial charge < -0.3 is 4.90 Å². The maximum Gasteiger partial charge on any atom is 0.253 e. The molecule has 0 N–H and O–H groups in total. The minimum Gasteiger partial charge on any atom is -0.336 e. The molecule has 27 heavy (non-hydrogen) atoms. The SMILES string of the molecule is CC1CN(C(=O)c2ccccc2)CCN1Sc1cccc(-n2cccn2)c1. The van der Waals surface area contributed by atoms with Gasteiger partial charge in [-0.15, -0.1) is 0 Å². The van der Waals surface area contributed by atoms with Crippen LogP contribution in [-0.4, -0.2) is 50.6 Å². The van der Waals surface area contributed by atoms with E-state index in [2.05, 4.69) is 40.6 Å². The zero-order valence-corrected chi connectivity index (χ0v) is 16.0. The highest BCUT2D eigenvalue weighted by atomic mass is 32.2. The Bertz CT molecular complexity index is 898. The minimum atomic E-state index is 0.118. The van der Waals surface area contributed by atoms with E-state index in [0.717, 1.165) is 30.9 Å². The summed E-state index contributed by atoms with van der Waals surface area (Å²) in [5.41, 5.74) is 1.81. The van der Waals surface area contributed by atoms with Crippen molar-refractivity contribution in [2.75, 3.05) is 19.6 Å². The van der Waals surface area contributed by atoms with E-state index < -0.39 is 0 Å². The van der Waals surface area contributed by atoms with Crippen LogP contribution < -0.4 is 0 Å². The molecule has 3 aromatic rings. The number of carbonyl (C=O) groups is 1. The van der Waals surface area contributed by atoms with Crippen LogP contribution in [0.1, 0.15) is 17.3 Å². The summed E-state index contributed by atoms with van der Waals surface area (Å²) < 4.78 is 4.22. The quantitative estimate of drug-likeness (QED) is 0.649. The van der Waals surface area contributed by atoms with E-state index in [1.165, 1.54) is 4.90 Å². The maximum atomic E-state index is 12.7. The second-order valence-electron chi connectivity index (χ2n) is 6.65. The summed E-state index contributed by atoms with van der Waals surface area (Å²) in [6, 6.07) is 20.1. The third kappa shape index (κ3) is 4.07. The number of nitrogens with zero attached hydrogens (tertiary/aromatic N) is 4. The van der Waals surface area contributed by atoms with Crippen molar-refractivity contribution in [3.8, 4) is 5.69 Å². The first-order valence-corrected chi connectivity index (χ1v) is 9.87. The Morgan fingerprint density at radius 1 is 1.07 bits per heavy atom. The van der Waals surface area contributed by atoms with Gasteiger partial charge in [-0.2, -0.15) is 5.10 Å². The summed E-state index contributed by atoms with van der Waals surface area (Å²) in [5, 5.41) is 4.30. The molecule has 1 aromatic heterocycles. The topological polar surface area (TPSA) is 41.4 Å². The molecule has 138 valence electrons. The summed E-state index contributed by atoms with van der Waals surface area (Å²) in [7, 11) is 0. The highest BCUT2D eigenvalue weighted by Crippen LogP contribution is 2.28. The Morgan fingerprint density at radius 3 is 2.67 bits per heavy atom. The van der Waals surface area contributed by atoms with E-state index in [1.807, 2.05) is 52.2 Å². The van der Waals surface area contributed by atoms with Gasteiger partial charge in [-0.3, -0.25) is 4.79 Å². The normalized spacial score (nSPS) is 17.8. The molecular formula is C21H22N4OS. The molecule has 0 saturated carbocycles. The average Bonchev–Trinajstić information content (AvgIpc) is 3.25. The van der Waals surface area contributed by atoms with Crippen LogP contribution in [0.15, 0.2) is 78.0 Å². The predicted molar refractivity (Wildman–Crippen MR) is 108 cm³/mol. The Hall–Kier alpha value is -2.57. The second kappa shape index (κ2) is 7.98. The number of hydrogen-bond acceptors (Lipinski definition) is 4. The van der Waals surface area contributed by atoms with Gasteiger partial charge in [-0.25, -0.2) is 8.99 Å². The molecule has 1 fully saturated rings. The minimum absolute atomic E-state index is 0.118. The lowest BCUT2D eigenvalue weighted by molar-refractivity contribution is 0.0653. The lowest BCUT2D eigenvalue weighted by Crippen LogP contribution is -2.51. The van der Waals surface area contributed by atoms with Gasteiger partial charge in [0.25, 0.3) is 5.91 Å². The number of aromatic nitrogens is 2. The van der Waals surface area contributed by atoms with E-state index in [0.29, 0.717) is 0 Å². The molecule has 0 aliphatic carbocycles. The molecule has 1 aliphatic rings. The maximum absolute atomic E-state index is 12.7. The van der Waals surface area contributed by atoms with Gasteiger partial charge >= 0.3 is 0 Å². The summed E-state index contributed by atoms with van der Waals surface area (Å²) in [6.45, 7) is 4.49. The molecule has 0 spiro atoms. The summed E-state index contributed by atoms with van der Waals surface area (Å²) in [6.07, 6.45) is 3.73. The van der Waals surface area contributed by atoms with Crippen molar-refractivity contribution in [3.63, 3.8) is 0 Å². The van der Waals surface area contributed by atoms with Gasteiger partial charge in [0.2, 0.25) is 0 Å². The Labute approximate surface area is 163 Å². The molecule has 6 heteroatoms. The largest absolute Gasteiger partial charge is 0.336 e. The average molecular weight is 379 g/mol. The van der Waals surface area contributed by atoms with Crippen LogP contribution in [0, 0.1) is 0 Å². The van der Waals surface area contributed by atoms with Crippen molar-refractivity contribution < 1.29 is 4.79 Å².